The minimum atomic E-state index is -1.61. The molecule has 0 aliphatic carbocycles. The Balaban J connectivity index is 0.00000225. The van der Waals surface area contributed by atoms with E-state index >= 15 is 0 Å². The monoisotopic (exact) mass is 216 g/mol. The molecule has 3 nitrogen and oxygen atoms in total. The lowest BCUT2D eigenvalue weighted by Gasteiger charge is -2.09. The summed E-state index contributed by atoms with van der Waals surface area (Å²) in [5.74, 6) is -0.0915. The van der Waals surface area contributed by atoms with Gasteiger partial charge in [-0.25, -0.2) is 0 Å². The van der Waals surface area contributed by atoms with Gasteiger partial charge < -0.3 is 23.0 Å². The van der Waals surface area contributed by atoms with Crippen molar-refractivity contribution >= 4 is 5.91 Å². The van der Waals surface area contributed by atoms with Crippen LogP contribution in [0.2, 0.25) is 0 Å². The molecule has 0 saturated heterocycles. The minimum Gasteiger partial charge on any atom is -1.00 e. The van der Waals surface area contributed by atoms with Crippen molar-refractivity contribution in [2.75, 3.05) is 14.1 Å². The normalized spacial score (nSPS) is 12.2. The number of rotatable bonds is 2. The zero-order valence-corrected chi connectivity index (χ0v) is 9.01. The van der Waals surface area contributed by atoms with Gasteiger partial charge in [0.2, 0.25) is 0 Å². The fraction of sp³-hybridized carbons (Fsp3) is 0.300. The summed E-state index contributed by atoms with van der Waals surface area (Å²) < 4.78 is 14.8. The van der Waals surface area contributed by atoms with Crippen LogP contribution in [0, 0.1) is 0 Å². The number of quaternary nitrogens is 1. The summed E-state index contributed by atoms with van der Waals surface area (Å²) in [4.78, 5) is 13.0. The Morgan fingerprint density at radius 1 is 1.43 bits per heavy atom. The second-order valence-corrected chi connectivity index (χ2v) is 2.95. The van der Waals surface area contributed by atoms with E-state index in [4.69, 9.17) is 2.74 Å². The van der Waals surface area contributed by atoms with Crippen molar-refractivity contribution in [3.8, 4) is 0 Å². The molecule has 0 unspecified atom stereocenters. The largest absolute Gasteiger partial charge is 1.00 e. The fourth-order valence-corrected chi connectivity index (χ4v) is 0.989. The Labute approximate surface area is 93.1 Å². The number of halogens is 1. The first-order chi connectivity index (χ1) is 6.82. The molecule has 0 aliphatic heterocycles. The lowest BCUT2D eigenvalue weighted by molar-refractivity contribution is -0.386. The number of amides is 1. The molecule has 1 aromatic rings. The van der Waals surface area contributed by atoms with E-state index in [2.05, 4.69) is 5.73 Å². The molecule has 0 atom stereocenters. The van der Waals surface area contributed by atoms with Gasteiger partial charge in [-0.05, 0) is 12.1 Å². The van der Waals surface area contributed by atoms with Crippen LogP contribution in [0.15, 0.2) is 24.3 Å². The van der Waals surface area contributed by atoms with E-state index in [9.17, 15) is 4.79 Å². The van der Waals surface area contributed by atoms with Crippen LogP contribution in [-0.2, 0) is 6.50 Å². The maximum atomic E-state index is 11.5. The summed E-state index contributed by atoms with van der Waals surface area (Å²) in [5, 5.41) is 0. The van der Waals surface area contributed by atoms with Crippen molar-refractivity contribution in [3.63, 3.8) is 0 Å². The van der Waals surface area contributed by atoms with Gasteiger partial charge in [-0.3, -0.25) is 4.79 Å². The third-order valence-corrected chi connectivity index (χ3v) is 1.74. The van der Waals surface area contributed by atoms with E-state index in [1.165, 1.54) is 4.90 Å². The van der Waals surface area contributed by atoms with E-state index in [1.54, 1.807) is 38.4 Å². The first-order valence-electron chi connectivity index (χ1n) is 5.00. The van der Waals surface area contributed by atoms with Crippen molar-refractivity contribution in [2.24, 2.45) is 0 Å². The van der Waals surface area contributed by atoms with E-state index in [1.807, 2.05) is 0 Å². The van der Waals surface area contributed by atoms with Gasteiger partial charge >= 0.3 is 0 Å². The zero-order valence-electron chi connectivity index (χ0n) is 10.2. The summed E-state index contributed by atoms with van der Waals surface area (Å²) >= 11 is 0. The number of carbonyl (C=O) groups is 1. The second-order valence-electron chi connectivity index (χ2n) is 2.95. The highest BCUT2D eigenvalue weighted by Crippen LogP contribution is 2.04. The Bertz CT molecular complexity index is 360. The van der Waals surface area contributed by atoms with Crippen molar-refractivity contribution < 1.29 is 25.7 Å². The molecule has 0 spiro atoms. The first kappa shape index (κ1) is 9.49. The number of nitrogens with zero attached hydrogens (tertiary/aromatic N) is 1. The molecule has 1 amide bonds. The molecular formula is C10H15ClN2O. The topological polar surface area (TPSA) is 48.0 Å². The van der Waals surface area contributed by atoms with Crippen LogP contribution in [0.5, 0.6) is 0 Å². The summed E-state index contributed by atoms with van der Waals surface area (Å²) in [6.07, 6.45) is 0. The lowest BCUT2D eigenvalue weighted by atomic mass is 10.1. The van der Waals surface area contributed by atoms with Crippen molar-refractivity contribution in [3.05, 3.63) is 35.4 Å². The van der Waals surface area contributed by atoms with E-state index < -0.39 is 6.50 Å². The summed E-state index contributed by atoms with van der Waals surface area (Å²) in [5.41, 5.74) is 4.41. The highest BCUT2D eigenvalue weighted by atomic mass is 35.5. The maximum absolute atomic E-state index is 11.5. The van der Waals surface area contributed by atoms with Gasteiger partial charge in [-0.2, -0.15) is 0 Å². The maximum Gasteiger partial charge on any atom is 0.253 e. The highest BCUT2D eigenvalue weighted by molar-refractivity contribution is 5.93. The molecule has 14 heavy (non-hydrogen) atoms. The minimum absolute atomic E-state index is 0. The molecule has 0 bridgehead atoms. The van der Waals surface area contributed by atoms with Gasteiger partial charge in [0.25, 0.3) is 5.91 Å². The Hall–Kier alpha value is -1.06. The van der Waals surface area contributed by atoms with Crippen LogP contribution in [-0.4, -0.2) is 24.9 Å². The molecule has 0 fully saturated rings. The molecule has 0 radical (unpaired) electrons. The van der Waals surface area contributed by atoms with E-state index in [0.29, 0.717) is 11.1 Å². The fourth-order valence-electron chi connectivity index (χ4n) is 0.989. The summed E-state index contributed by atoms with van der Waals surface area (Å²) in [6, 6.07) is 6.40. The van der Waals surface area contributed by atoms with Crippen LogP contribution in [0.25, 0.3) is 0 Å². The van der Waals surface area contributed by atoms with Crippen LogP contribution in [0.3, 0.4) is 0 Å². The molecule has 0 heterocycles. The average Bonchev–Trinajstić information content (AvgIpc) is 2.15. The van der Waals surface area contributed by atoms with Gasteiger partial charge in [0.1, 0.15) is 0 Å². The third kappa shape index (κ3) is 3.01. The van der Waals surface area contributed by atoms with Gasteiger partial charge in [0.05, 0.1) is 9.24 Å². The van der Waals surface area contributed by atoms with Crippen LogP contribution in [0.1, 0.15) is 18.7 Å². The summed E-state index contributed by atoms with van der Waals surface area (Å²) in [7, 11) is 3.35. The van der Waals surface area contributed by atoms with Crippen LogP contribution < -0.4 is 18.1 Å². The molecule has 0 aromatic heterocycles. The third-order valence-electron chi connectivity index (χ3n) is 1.74. The van der Waals surface area contributed by atoms with Gasteiger partial charge in [-0.15, -0.1) is 0 Å². The Kier molecular flexibility index (Phi) is 3.81. The molecule has 3 N–H and O–H groups in total. The van der Waals surface area contributed by atoms with Crippen molar-refractivity contribution in [1.82, 2.24) is 4.90 Å². The predicted molar refractivity (Wildman–Crippen MR) is 51.1 cm³/mol. The molecule has 0 aliphatic rings. The smallest absolute Gasteiger partial charge is 0.253 e. The average molecular weight is 217 g/mol. The van der Waals surface area contributed by atoms with Gasteiger partial charge in [0, 0.05) is 25.2 Å². The highest BCUT2D eigenvalue weighted by Gasteiger charge is 2.06. The quantitative estimate of drug-likeness (QED) is 0.568. The van der Waals surface area contributed by atoms with Gasteiger partial charge in [-0.1, -0.05) is 12.1 Å². The van der Waals surface area contributed by atoms with E-state index in [-0.39, 0.29) is 18.3 Å². The second kappa shape index (κ2) is 5.62. The molecule has 1 aromatic carbocycles. The molecule has 78 valence electrons. The van der Waals surface area contributed by atoms with Crippen molar-refractivity contribution in [1.29, 1.82) is 0 Å². The lowest BCUT2D eigenvalue weighted by Crippen LogP contribution is -3.00. The Morgan fingerprint density at radius 2 is 1.93 bits per heavy atom. The Morgan fingerprint density at radius 3 is 2.29 bits per heavy atom. The molecular weight excluding hydrogens is 200 g/mol. The van der Waals surface area contributed by atoms with Gasteiger partial charge in [0.15, 0.2) is 0 Å². The van der Waals surface area contributed by atoms with Crippen LogP contribution >= 0.6 is 0 Å². The van der Waals surface area contributed by atoms with Crippen molar-refractivity contribution in [2.45, 2.75) is 6.50 Å². The molecule has 4 heteroatoms. The SMILES string of the molecule is [2H]C([2H])([NH3+])c1ccc(C(=O)N(C)C)cc1.[Cl-]. The number of benzene rings is 1. The zero-order chi connectivity index (χ0) is 11.6. The van der Waals surface area contributed by atoms with Crippen LogP contribution in [0.4, 0.5) is 0 Å². The predicted octanol–water partition coefficient (Wildman–Crippen LogP) is -2.87. The number of hydrogen-bond acceptors (Lipinski definition) is 1. The summed E-state index contributed by atoms with van der Waals surface area (Å²) in [6.45, 7) is -1.61. The number of hydrogen-bond donors (Lipinski definition) is 1. The van der Waals surface area contributed by atoms with E-state index in [0.717, 1.165) is 0 Å². The molecule has 0 saturated carbocycles. The number of carbonyl (C=O) groups excluding carboxylic acids is 1. The first-order valence-corrected chi connectivity index (χ1v) is 4.00. The standard InChI is InChI=1S/C10H14N2O.ClH/c1-12(2)10(13)9-5-3-8(7-11)4-6-9;/h3-6H,7,11H2,1-2H3;1H/i7D2;. The molecule has 1 rings (SSSR count).